The van der Waals surface area contributed by atoms with Gasteiger partial charge in [-0.15, -0.1) is 0 Å². The van der Waals surface area contributed by atoms with Gasteiger partial charge in [0.1, 0.15) is 12.4 Å². The zero-order chi connectivity index (χ0) is 19.7. The summed E-state index contributed by atoms with van der Waals surface area (Å²) in [7, 11) is 0. The molecule has 0 saturated carbocycles. The van der Waals surface area contributed by atoms with Crippen LogP contribution in [0.25, 0.3) is 6.08 Å². The molecule has 1 aromatic rings. The van der Waals surface area contributed by atoms with Crippen LogP contribution in [0.1, 0.15) is 65.2 Å². The molecule has 2 rings (SSSR count). The number of carbonyl (C=O) groups excluding carboxylic acids is 1. The molecule has 1 amide bonds. The molecule has 0 radical (unpaired) electrons. The van der Waals surface area contributed by atoms with Gasteiger partial charge in [-0.25, -0.2) is 0 Å². The van der Waals surface area contributed by atoms with Crippen molar-refractivity contribution in [2.45, 2.75) is 59.3 Å². The molecule has 26 heavy (non-hydrogen) atoms. The summed E-state index contributed by atoms with van der Waals surface area (Å²) in [4.78, 5) is 17.0. The number of benzene rings is 1. The summed E-state index contributed by atoms with van der Waals surface area (Å²) in [6, 6.07) is 3.78. The highest BCUT2D eigenvalue weighted by Crippen LogP contribution is 2.40. The molecule has 1 heterocycles. The molecule has 0 atom stereocenters. The number of phenols is 1. The molecule has 0 aliphatic carbocycles. The highest BCUT2D eigenvalue weighted by atomic mass is 16.7. The van der Waals surface area contributed by atoms with Crippen LogP contribution in [0.4, 0.5) is 0 Å². The van der Waals surface area contributed by atoms with Crippen molar-refractivity contribution >= 4 is 18.0 Å². The lowest BCUT2D eigenvalue weighted by Gasteiger charge is -2.27. The van der Waals surface area contributed by atoms with Crippen LogP contribution >= 0.6 is 0 Å². The maximum atomic E-state index is 12.1. The molecule has 142 valence electrons. The van der Waals surface area contributed by atoms with Crippen LogP contribution < -0.4 is 5.32 Å². The van der Waals surface area contributed by atoms with Gasteiger partial charge in [0.2, 0.25) is 0 Å². The highest BCUT2D eigenvalue weighted by molar-refractivity contribution is 6.11. The molecule has 1 aliphatic heterocycles. The van der Waals surface area contributed by atoms with E-state index >= 15 is 0 Å². The fourth-order valence-corrected chi connectivity index (χ4v) is 2.63. The number of hydrogen-bond donors (Lipinski definition) is 2. The molecular weight excluding hydrogens is 332 g/mol. The summed E-state index contributed by atoms with van der Waals surface area (Å²) >= 11 is 0. The van der Waals surface area contributed by atoms with Crippen molar-refractivity contribution in [3.05, 3.63) is 34.6 Å². The number of rotatable bonds is 3. The predicted molar refractivity (Wildman–Crippen MR) is 102 cm³/mol. The van der Waals surface area contributed by atoms with Crippen molar-refractivity contribution in [2.75, 3.05) is 6.61 Å². The van der Waals surface area contributed by atoms with Gasteiger partial charge in [-0.1, -0.05) is 41.5 Å². The Morgan fingerprint density at radius 3 is 2.15 bits per heavy atom. The number of ether oxygens (including phenoxy) is 1. The van der Waals surface area contributed by atoms with E-state index in [1.165, 1.54) is 0 Å². The SMILES string of the molecule is CCO/N=C1\NC(=O)/C(=C/c2cc(C(C)(C)C)c(O)c(C(C)(C)C)c2)O1. The molecule has 1 aliphatic rings. The Hall–Kier alpha value is -2.50. The maximum Gasteiger partial charge on any atom is 0.336 e. The van der Waals surface area contributed by atoms with Crippen molar-refractivity contribution < 1.29 is 19.5 Å². The third kappa shape index (κ3) is 4.36. The Morgan fingerprint density at radius 1 is 1.15 bits per heavy atom. The van der Waals surface area contributed by atoms with E-state index in [9.17, 15) is 9.90 Å². The Labute approximate surface area is 154 Å². The standard InChI is InChI=1S/C20H28N2O4/c1-8-25-22-18-21-17(24)15(26-18)11-12-9-13(19(2,3)4)16(23)14(10-12)20(5,6)7/h9-11,23H,8H2,1-7H3,(H,21,22,24)/b15-11-. The molecular formula is C20H28N2O4. The van der Waals surface area contributed by atoms with Gasteiger partial charge < -0.3 is 14.7 Å². The molecule has 6 heteroatoms. The lowest BCUT2D eigenvalue weighted by atomic mass is 9.78. The first kappa shape index (κ1) is 19.8. The van der Waals surface area contributed by atoms with E-state index in [4.69, 9.17) is 9.57 Å². The van der Waals surface area contributed by atoms with Gasteiger partial charge in [-0.05, 0) is 46.7 Å². The number of aromatic hydroxyl groups is 1. The normalized spacial score (nSPS) is 18.2. The van der Waals surface area contributed by atoms with Gasteiger partial charge in [0, 0.05) is 11.1 Å². The van der Waals surface area contributed by atoms with Gasteiger partial charge in [0.05, 0.1) is 0 Å². The molecule has 0 bridgehead atoms. The van der Waals surface area contributed by atoms with Crippen molar-refractivity contribution in [3.63, 3.8) is 0 Å². The van der Waals surface area contributed by atoms with Crippen LogP contribution in [0.5, 0.6) is 5.75 Å². The van der Waals surface area contributed by atoms with Gasteiger partial charge in [0.15, 0.2) is 5.76 Å². The molecule has 2 N–H and O–H groups in total. The first-order valence-electron chi connectivity index (χ1n) is 8.72. The lowest BCUT2D eigenvalue weighted by Crippen LogP contribution is -2.20. The average Bonchev–Trinajstić information content (AvgIpc) is 2.84. The predicted octanol–water partition coefficient (Wildman–Crippen LogP) is 3.78. The third-order valence-electron chi connectivity index (χ3n) is 3.97. The molecule has 1 fully saturated rings. The summed E-state index contributed by atoms with van der Waals surface area (Å²) in [5.41, 5.74) is 1.91. The van der Waals surface area contributed by atoms with Crippen molar-refractivity contribution in [1.82, 2.24) is 5.32 Å². The summed E-state index contributed by atoms with van der Waals surface area (Å²) in [6.07, 6.45) is 1.65. The summed E-state index contributed by atoms with van der Waals surface area (Å²) < 4.78 is 5.42. The molecule has 0 unspecified atom stereocenters. The van der Waals surface area contributed by atoms with Crippen LogP contribution in [-0.2, 0) is 25.2 Å². The van der Waals surface area contributed by atoms with Gasteiger partial charge in [-0.3, -0.25) is 10.1 Å². The summed E-state index contributed by atoms with van der Waals surface area (Å²) in [6.45, 7) is 14.4. The quantitative estimate of drug-likeness (QED) is 0.635. The number of carbonyl (C=O) groups is 1. The number of amidine groups is 1. The van der Waals surface area contributed by atoms with E-state index in [0.29, 0.717) is 12.4 Å². The Bertz CT molecular complexity index is 730. The van der Waals surface area contributed by atoms with E-state index in [-0.39, 0.29) is 28.5 Å². The fourth-order valence-electron chi connectivity index (χ4n) is 2.63. The van der Waals surface area contributed by atoms with Gasteiger partial charge in [-0.2, -0.15) is 0 Å². The van der Waals surface area contributed by atoms with Gasteiger partial charge >= 0.3 is 6.02 Å². The molecule has 1 aromatic carbocycles. The highest BCUT2D eigenvalue weighted by Gasteiger charge is 2.28. The molecule has 1 saturated heterocycles. The minimum absolute atomic E-state index is 0.0222. The van der Waals surface area contributed by atoms with E-state index in [2.05, 4.69) is 10.5 Å². The van der Waals surface area contributed by atoms with Crippen LogP contribution in [0.2, 0.25) is 0 Å². The first-order chi connectivity index (χ1) is 11.9. The topological polar surface area (TPSA) is 80.2 Å². The second-order valence-electron chi connectivity index (χ2n) is 8.34. The number of nitrogens with zero attached hydrogens (tertiary/aromatic N) is 1. The Balaban J connectivity index is 2.52. The summed E-state index contributed by atoms with van der Waals surface area (Å²) in [5, 5.41) is 17.0. The first-order valence-corrected chi connectivity index (χ1v) is 8.72. The summed E-state index contributed by atoms with van der Waals surface area (Å²) in [5.74, 6) is 0.0440. The van der Waals surface area contributed by atoms with Crippen molar-refractivity contribution in [1.29, 1.82) is 0 Å². The third-order valence-corrected chi connectivity index (χ3v) is 3.97. The minimum atomic E-state index is -0.383. The Kier molecular flexibility index (Phi) is 5.35. The average molecular weight is 360 g/mol. The number of oxime groups is 1. The number of hydrogen-bond acceptors (Lipinski definition) is 5. The van der Waals surface area contributed by atoms with Crippen molar-refractivity contribution in [2.24, 2.45) is 5.16 Å². The zero-order valence-corrected chi connectivity index (χ0v) is 16.6. The fraction of sp³-hybridized carbons (Fsp3) is 0.500. The number of phenolic OH excluding ortho intramolecular Hbond substituents is 1. The van der Waals surface area contributed by atoms with E-state index in [1.54, 1.807) is 13.0 Å². The van der Waals surface area contributed by atoms with Gasteiger partial charge in [0.25, 0.3) is 5.91 Å². The van der Waals surface area contributed by atoms with Crippen LogP contribution in [0, 0.1) is 0 Å². The Morgan fingerprint density at radius 2 is 1.69 bits per heavy atom. The monoisotopic (exact) mass is 360 g/mol. The number of nitrogens with one attached hydrogen (secondary N) is 1. The maximum absolute atomic E-state index is 12.1. The minimum Gasteiger partial charge on any atom is -0.507 e. The van der Waals surface area contributed by atoms with E-state index < -0.39 is 0 Å². The van der Waals surface area contributed by atoms with Crippen molar-refractivity contribution in [3.8, 4) is 5.75 Å². The van der Waals surface area contributed by atoms with Crippen LogP contribution in [0.3, 0.4) is 0 Å². The van der Waals surface area contributed by atoms with E-state index in [1.807, 2.05) is 53.7 Å². The van der Waals surface area contributed by atoms with Crippen LogP contribution in [-0.4, -0.2) is 23.6 Å². The second-order valence-corrected chi connectivity index (χ2v) is 8.34. The second kappa shape index (κ2) is 7.02. The lowest BCUT2D eigenvalue weighted by molar-refractivity contribution is -0.116. The number of amides is 1. The molecule has 0 aromatic heterocycles. The smallest absolute Gasteiger partial charge is 0.336 e. The molecule has 6 nitrogen and oxygen atoms in total. The zero-order valence-electron chi connectivity index (χ0n) is 16.6. The van der Waals surface area contributed by atoms with Crippen LogP contribution in [0.15, 0.2) is 23.0 Å². The molecule has 0 spiro atoms. The van der Waals surface area contributed by atoms with E-state index in [0.717, 1.165) is 16.7 Å². The largest absolute Gasteiger partial charge is 0.507 e.